The predicted molar refractivity (Wildman–Crippen MR) is 108 cm³/mol. The first-order valence-corrected chi connectivity index (χ1v) is 8.75. The van der Waals surface area contributed by atoms with Crippen molar-refractivity contribution in [2.24, 2.45) is 0 Å². The molecule has 0 amide bonds. The molecule has 3 N–H and O–H groups in total. The summed E-state index contributed by atoms with van der Waals surface area (Å²) in [6.07, 6.45) is 0. The lowest BCUT2D eigenvalue weighted by Crippen LogP contribution is -2.30. The van der Waals surface area contributed by atoms with E-state index in [0.29, 0.717) is 12.5 Å². The molecule has 0 radical (unpaired) electrons. The van der Waals surface area contributed by atoms with Crippen LogP contribution in [0.25, 0.3) is 10.9 Å². The Morgan fingerprint density at radius 1 is 1.00 bits per heavy atom. The first kappa shape index (κ1) is 17.9. The summed E-state index contributed by atoms with van der Waals surface area (Å²) in [5.41, 5.74) is 4.33. The summed E-state index contributed by atoms with van der Waals surface area (Å²) < 4.78 is 0. The van der Waals surface area contributed by atoms with Crippen molar-refractivity contribution in [2.45, 2.75) is 39.7 Å². The Kier molecular flexibility index (Phi) is 4.89. The molecule has 3 aromatic rings. The van der Waals surface area contributed by atoms with Crippen LogP contribution in [0, 0.1) is 12.3 Å². The highest BCUT2D eigenvalue weighted by atomic mass is 15.2. The second-order valence-corrected chi connectivity index (χ2v) is 7.45. The molecular formula is C21H25N5. The van der Waals surface area contributed by atoms with Gasteiger partial charge in [0, 0.05) is 11.9 Å². The third kappa shape index (κ3) is 4.17. The average Bonchev–Trinajstić information content (AvgIpc) is 2.60. The van der Waals surface area contributed by atoms with Crippen LogP contribution in [0.5, 0.6) is 0 Å². The summed E-state index contributed by atoms with van der Waals surface area (Å²) in [5.74, 6) is 0.612. The summed E-state index contributed by atoms with van der Waals surface area (Å²) in [6, 6.07) is 16.3. The molecule has 134 valence electrons. The second kappa shape index (κ2) is 7.12. The van der Waals surface area contributed by atoms with E-state index in [0.717, 1.165) is 22.2 Å². The zero-order chi connectivity index (χ0) is 18.7. The van der Waals surface area contributed by atoms with Crippen molar-refractivity contribution in [1.29, 1.82) is 5.41 Å². The van der Waals surface area contributed by atoms with Crippen LogP contribution >= 0.6 is 0 Å². The summed E-state index contributed by atoms with van der Waals surface area (Å²) in [6.45, 7) is 9.12. The number of hydrogen-bond acceptors (Lipinski definition) is 3. The standard InChI is InChI=1S/C21H25N5/c1-14-17-7-5-6-8-18(17)25-20(24-14)26-19(22)23-13-15-9-11-16(12-10-15)21(2,3)4/h5-12H,13H2,1-4H3,(H3,22,23,24,25,26). The number of aryl methyl sites for hydroxylation is 1. The smallest absolute Gasteiger partial charge is 0.230 e. The second-order valence-electron chi connectivity index (χ2n) is 7.45. The van der Waals surface area contributed by atoms with E-state index in [1.165, 1.54) is 5.56 Å². The fourth-order valence-electron chi connectivity index (χ4n) is 2.76. The van der Waals surface area contributed by atoms with Crippen LogP contribution < -0.4 is 10.6 Å². The Morgan fingerprint density at radius 3 is 2.38 bits per heavy atom. The average molecular weight is 347 g/mol. The van der Waals surface area contributed by atoms with Gasteiger partial charge in [-0.05, 0) is 29.5 Å². The Labute approximate surface area is 154 Å². The zero-order valence-electron chi connectivity index (χ0n) is 15.7. The van der Waals surface area contributed by atoms with Crippen LogP contribution in [0.2, 0.25) is 0 Å². The lowest BCUT2D eigenvalue weighted by Gasteiger charge is -2.19. The molecule has 0 aliphatic heterocycles. The van der Waals surface area contributed by atoms with Gasteiger partial charge in [0.05, 0.1) is 11.2 Å². The van der Waals surface area contributed by atoms with E-state index in [9.17, 15) is 0 Å². The largest absolute Gasteiger partial charge is 0.352 e. The molecule has 0 spiro atoms. The van der Waals surface area contributed by atoms with Crippen LogP contribution in [0.4, 0.5) is 5.95 Å². The number of para-hydroxylation sites is 1. The minimum atomic E-state index is 0.144. The highest BCUT2D eigenvalue weighted by Gasteiger charge is 2.12. The van der Waals surface area contributed by atoms with E-state index in [-0.39, 0.29) is 11.4 Å². The van der Waals surface area contributed by atoms with Gasteiger partial charge in [0.25, 0.3) is 0 Å². The van der Waals surface area contributed by atoms with E-state index < -0.39 is 0 Å². The number of fused-ring (bicyclic) bond motifs is 1. The van der Waals surface area contributed by atoms with Crippen molar-refractivity contribution in [3.63, 3.8) is 0 Å². The van der Waals surface area contributed by atoms with Gasteiger partial charge >= 0.3 is 0 Å². The maximum Gasteiger partial charge on any atom is 0.230 e. The predicted octanol–water partition coefficient (Wildman–Crippen LogP) is 4.37. The minimum absolute atomic E-state index is 0.144. The SMILES string of the molecule is Cc1nc(NC(=N)NCc2ccc(C(C)(C)C)cc2)nc2ccccc12. The minimum Gasteiger partial charge on any atom is -0.352 e. The number of guanidine groups is 1. The normalized spacial score (nSPS) is 11.4. The van der Waals surface area contributed by atoms with Gasteiger partial charge in [-0.3, -0.25) is 10.7 Å². The molecule has 0 bridgehead atoms. The number of anilines is 1. The Hall–Kier alpha value is -2.95. The molecule has 0 saturated carbocycles. The molecule has 1 heterocycles. The van der Waals surface area contributed by atoms with Gasteiger partial charge in [0.15, 0.2) is 5.96 Å². The summed E-state index contributed by atoms with van der Waals surface area (Å²) in [7, 11) is 0. The Balaban J connectivity index is 1.62. The molecule has 0 aliphatic carbocycles. The lowest BCUT2D eigenvalue weighted by molar-refractivity contribution is 0.590. The fraction of sp³-hybridized carbons (Fsp3) is 0.286. The summed E-state index contributed by atoms with van der Waals surface area (Å²) in [5, 5.41) is 15.1. The highest BCUT2D eigenvalue weighted by molar-refractivity contribution is 5.91. The van der Waals surface area contributed by atoms with Gasteiger partial charge in [-0.2, -0.15) is 0 Å². The number of benzene rings is 2. The van der Waals surface area contributed by atoms with Gasteiger partial charge in [-0.25, -0.2) is 9.97 Å². The van der Waals surface area contributed by atoms with Gasteiger partial charge < -0.3 is 5.32 Å². The fourth-order valence-corrected chi connectivity index (χ4v) is 2.76. The molecule has 3 rings (SSSR count). The van der Waals surface area contributed by atoms with Gasteiger partial charge in [-0.15, -0.1) is 0 Å². The maximum atomic E-state index is 8.09. The van der Waals surface area contributed by atoms with Crippen molar-refractivity contribution < 1.29 is 0 Å². The number of hydrogen-bond donors (Lipinski definition) is 3. The molecule has 0 atom stereocenters. The molecule has 0 fully saturated rings. The quantitative estimate of drug-likeness (QED) is 0.486. The molecular weight excluding hydrogens is 322 g/mol. The van der Waals surface area contributed by atoms with Gasteiger partial charge in [0.1, 0.15) is 0 Å². The van der Waals surface area contributed by atoms with Crippen molar-refractivity contribution in [1.82, 2.24) is 15.3 Å². The van der Waals surface area contributed by atoms with Crippen molar-refractivity contribution in [3.05, 3.63) is 65.4 Å². The molecule has 0 saturated heterocycles. The topological polar surface area (TPSA) is 73.7 Å². The molecule has 26 heavy (non-hydrogen) atoms. The van der Waals surface area contributed by atoms with E-state index in [4.69, 9.17) is 5.41 Å². The third-order valence-corrected chi connectivity index (χ3v) is 4.32. The van der Waals surface area contributed by atoms with Crippen LogP contribution in [-0.4, -0.2) is 15.9 Å². The maximum absolute atomic E-state index is 8.09. The number of nitrogens with one attached hydrogen (secondary N) is 3. The Bertz CT molecular complexity index is 923. The summed E-state index contributed by atoms with van der Waals surface area (Å²) in [4.78, 5) is 8.90. The highest BCUT2D eigenvalue weighted by Crippen LogP contribution is 2.22. The monoisotopic (exact) mass is 347 g/mol. The number of aromatic nitrogens is 2. The molecule has 0 unspecified atom stereocenters. The summed E-state index contributed by atoms with van der Waals surface area (Å²) >= 11 is 0. The third-order valence-electron chi connectivity index (χ3n) is 4.32. The van der Waals surface area contributed by atoms with Crippen molar-refractivity contribution in [2.75, 3.05) is 5.32 Å². The molecule has 0 aliphatic rings. The van der Waals surface area contributed by atoms with E-state index >= 15 is 0 Å². The molecule has 5 nitrogen and oxygen atoms in total. The Morgan fingerprint density at radius 2 is 1.69 bits per heavy atom. The van der Waals surface area contributed by atoms with Crippen molar-refractivity contribution >= 4 is 22.8 Å². The lowest BCUT2D eigenvalue weighted by atomic mass is 9.87. The first-order chi connectivity index (χ1) is 12.3. The van der Waals surface area contributed by atoms with E-state index in [2.05, 4.69) is 65.6 Å². The van der Waals surface area contributed by atoms with E-state index in [1.807, 2.05) is 31.2 Å². The van der Waals surface area contributed by atoms with Crippen molar-refractivity contribution in [3.8, 4) is 0 Å². The molecule has 2 aromatic carbocycles. The van der Waals surface area contributed by atoms with Gasteiger partial charge in [0.2, 0.25) is 5.95 Å². The van der Waals surface area contributed by atoms with Crippen LogP contribution in [-0.2, 0) is 12.0 Å². The molecule has 1 aromatic heterocycles. The zero-order valence-corrected chi connectivity index (χ0v) is 15.7. The van der Waals surface area contributed by atoms with Crippen LogP contribution in [0.1, 0.15) is 37.6 Å². The number of rotatable bonds is 3. The van der Waals surface area contributed by atoms with Crippen LogP contribution in [0.3, 0.4) is 0 Å². The number of nitrogens with zero attached hydrogens (tertiary/aromatic N) is 2. The van der Waals surface area contributed by atoms with Gasteiger partial charge in [-0.1, -0.05) is 63.2 Å². The van der Waals surface area contributed by atoms with Crippen LogP contribution in [0.15, 0.2) is 48.5 Å². The molecule has 5 heteroatoms. The first-order valence-electron chi connectivity index (χ1n) is 8.75. The van der Waals surface area contributed by atoms with E-state index in [1.54, 1.807) is 0 Å².